The van der Waals surface area contributed by atoms with E-state index in [9.17, 15) is 0 Å². The Labute approximate surface area is 153 Å². The van der Waals surface area contributed by atoms with Crippen molar-refractivity contribution < 1.29 is 0 Å². The van der Waals surface area contributed by atoms with Crippen LogP contribution in [0.1, 0.15) is 30.5 Å². The molecule has 0 heterocycles. The number of benzene rings is 2. The first-order valence-electron chi connectivity index (χ1n) is 7.61. The van der Waals surface area contributed by atoms with Crippen molar-refractivity contribution >= 4 is 34.6 Å². The maximum Gasteiger partial charge on any atom is 0.0650 e. The first-order chi connectivity index (χ1) is 11.5. The summed E-state index contributed by atoms with van der Waals surface area (Å²) in [5.41, 5.74) is 8.47. The van der Waals surface area contributed by atoms with E-state index in [4.69, 9.17) is 11.6 Å². The Morgan fingerprint density at radius 3 is 2.50 bits per heavy atom. The number of allylic oxidation sites excluding steroid dienone is 1. The zero-order chi connectivity index (χ0) is 17.5. The average Bonchev–Trinajstić information content (AvgIpc) is 2.55. The minimum atomic E-state index is 0.745. The molecule has 0 atom stereocenters. The Morgan fingerprint density at radius 2 is 1.88 bits per heavy atom. The van der Waals surface area contributed by atoms with Crippen molar-refractivity contribution in [1.29, 1.82) is 0 Å². The van der Waals surface area contributed by atoms with Crippen LogP contribution in [0.4, 0.5) is 0 Å². The summed E-state index contributed by atoms with van der Waals surface area (Å²) in [4.78, 5) is 1.13. The van der Waals surface area contributed by atoms with Crippen LogP contribution in [0.25, 0.3) is 5.57 Å². The van der Waals surface area contributed by atoms with Crippen LogP contribution in [0.15, 0.2) is 70.6 Å². The van der Waals surface area contributed by atoms with Gasteiger partial charge in [0.1, 0.15) is 0 Å². The highest BCUT2D eigenvalue weighted by Crippen LogP contribution is 2.21. The Kier molecular flexibility index (Phi) is 6.71. The first kappa shape index (κ1) is 18.4. The van der Waals surface area contributed by atoms with E-state index in [0.29, 0.717) is 0 Å². The van der Waals surface area contributed by atoms with Crippen molar-refractivity contribution in [2.24, 2.45) is 5.10 Å². The van der Waals surface area contributed by atoms with Crippen LogP contribution >= 0.6 is 23.4 Å². The van der Waals surface area contributed by atoms with Crippen molar-refractivity contribution in [3.8, 4) is 0 Å². The van der Waals surface area contributed by atoms with E-state index in [2.05, 4.69) is 42.2 Å². The maximum absolute atomic E-state index is 5.87. The third-order valence-corrected chi connectivity index (χ3v) is 4.57. The predicted molar refractivity (Wildman–Crippen MR) is 108 cm³/mol. The molecule has 2 aromatic carbocycles. The quantitative estimate of drug-likeness (QED) is 0.375. The molecule has 0 unspecified atom stereocenters. The number of thioether (sulfide) groups is 1. The van der Waals surface area contributed by atoms with E-state index in [0.717, 1.165) is 32.3 Å². The minimum Gasteiger partial charge on any atom is -0.285 e. The Balaban J connectivity index is 1.95. The smallest absolute Gasteiger partial charge is 0.0650 e. The third-order valence-electron chi connectivity index (χ3n) is 3.50. The minimum absolute atomic E-state index is 0.745. The number of hydrogen-bond donors (Lipinski definition) is 1. The monoisotopic (exact) mass is 356 g/mol. The largest absolute Gasteiger partial charge is 0.285 e. The standard InChI is InChI=1S/C20H21ClN2S/c1-14(2)17-5-10-20(15(3)13-17)16(4)23-22-11-12-24-19-8-6-18(21)7-9-19/h5-13,22H,1H2,2-4H3/b12-11+,23-16+. The molecule has 0 fully saturated rings. The lowest BCUT2D eigenvalue weighted by atomic mass is 9.99. The van der Waals surface area contributed by atoms with E-state index in [1.807, 2.05) is 49.7 Å². The lowest BCUT2D eigenvalue weighted by Gasteiger charge is -2.08. The molecule has 0 aliphatic heterocycles. The molecule has 0 bridgehead atoms. The molecule has 0 saturated carbocycles. The van der Waals surface area contributed by atoms with Gasteiger partial charge >= 0.3 is 0 Å². The second-order valence-corrected chi connectivity index (χ2v) is 6.93. The van der Waals surface area contributed by atoms with Crippen molar-refractivity contribution in [3.63, 3.8) is 0 Å². The highest BCUT2D eigenvalue weighted by molar-refractivity contribution is 8.02. The highest BCUT2D eigenvalue weighted by Gasteiger charge is 2.03. The second kappa shape index (κ2) is 8.76. The van der Waals surface area contributed by atoms with Crippen LogP contribution in [0.3, 0.4) is 0 Å². The van der Waals surface area contributed by atoms with E-state index in [-0.39, 0.29) is 0 Å². The van der Waals surface area contributed by atoms with Gasteiger partial charge < -0.3 is 0 Å². The zero-order valence-electron chi connectivity index (χ0n) is 14.1. The van der Waals surface area contributed by atoms with Crippen molar-refractivity contribution in [2.45, 2.75) is 25.7 Å². The summed E-state index contributed by atoms with van der Waals surface area (Å²) in [5, 5.41) is 7.10. The molecule has 0 spiro atoms. The van der Waals surface area contributed by atoms with Crippen LogP contribution in [0, 0.1) is 6.92 Å². The first-order valence-corrected chi connectivity index (χ1v) is 8.87. The molecule has 2 rings (SSSR count). The van der Waals surface area contributed by atoms with Gasteiger partial charge in [0.05, 0.1) is 5.71 Å². The van der Waals surface area contributed by atoms with E-state index in [1.54, 1.807) is 11.8 Å². The van der Waals surface area contributed by atoms with Gasteiger partial charge in [0.2, 0.25) is 0 Å². The summed E-state index contributed by atoms with van der Waals surface area (Å²) in [5.74, 6) is 0. The lowest BCUT2D eigenvalue weighted by Crippen LogP contribution is -2.04. The van der Waals surface area contributed by atoms with Crippen molar-refractivity contribution in [3.05, 3.63) is 82.4 Å². The molecule has 0 aromatic heterocycles. The van der Waals surface area contributed by atoms with E-state index >= 15 is 0 Å². The molecule has 0 aliphatic carbocycles. The van der Waals surface area contributed by atoms with Gasteiger partial charge in [0, 0.05) is 21.7 Å². The van der Waals surface area contributed by atoms with Crippen LogP contribution in [-0.4, -0.2) is 5.71 Å². The fourth-order valence-electron chi connectivity index (χ4n) is 2.19. The van der Waals surface area contributed by atoms with Gasteiger partial charge in [0.15, 0.2) is 0 Å². The highest BCUT2D eigenvalue weighted by atomic mass is 35.5. The molecule has 0 radical (unpaired) electrons. The van der Waals surface area contributed by atoms with Crippen LogP contribution in [0.2, 0.25) is 5.02 Å². The number of nitrogens with one attached hydrogen (secondary N) is 1. The molecule has 124 valence electrons. The molecular weight excluding hydrogens is 336 g/mol. The van der Waals surface area contributed by atoms with Crippen molar-refractivity contribution in [2.75, 3.05) is 0 Å². The normalized spacial score (nSPS) is 11.8. The molecule has 2 nitrogen and oxygen atoms in total. The second-order valence-electron chi connectivity index (χ2n) is 5.51. The summed E-state index contributed by atoms with van der Waals surface area (Å²) in [6.45, 7) is 10.1. The SMILES string of the molecule is C=C(C)c1ccc(/C(C)=N/N/C=C/Sc2ccc(Cl)cc2)c(C)c1. The van der Waals surface area contributed by atoms with Gasteiger partial charge in [-0.2, -0.15) is 5.10 Å². The van der Waals surface area contributed by atoms with Crippen LogP contribution in [-0.2, 0) is 0 Å². The van der Waals surface area contributed by atoms with Gasteiger partial charge in [-0.25, -0.2) is 0 Å². The summed E-state index contributed by atoms with van der Waals surface area (Å²) in [6, 6.07) is 14.0. The number of nitrogens with zero attached hydrogens (tertiary/aromatic N) is 1. The molecule has 4 heteroatoms. The summed E-state index contributed by atoms with van der Waals surface area (Å²) in [7, 11) is 0. The number of rotatable bonds is 6. The van der Waals surface area contributed by atoms with Gasteiger partial charge in [-0.3, -0.25) is 5.43 Å². The third kappa shape index (κ3) is 5.29. The van der Waals surface area contributed by atoms with Gasteiger partial charge in [-0.1, -0.05) is 53.7 Å². The number of hydrazone groups is 1. The van der Waals surface area contributed by atoms with E-state index in [1.165, 1.54) is 5.56 Å². The van der Waals surface area contributed by atoms with E-state index < -0.39 is 0 Å². The Morgan fingerprint density at radius 1 is 1.17 bits per heavy atom. The molecule has 0 aliphatic rings. The van der Waals surface area contributed by atoms with Gasteiger partial charge in [-0.15, -0.1) is 0 Å². The summed E-state index contributed by atoms with van der Waals surface area (Å²) >= 11 is 7.47. The Hall–Kier alpha value is -1.97. The molecule has 1 N–H and O–H groups in total. The Bertz CT molecular complexity index is 777. The van der Waals surface area contributed by atoms with Crippen molar-refractivity contribution in [1.82, 2.24) is 5.43 Å². The molecule has 2 aromatic rings. The number of hydrogen-bond acceptors (Lipinski definition) is 3. The summed E-state index contributed by atoms with van der Waals surface area (Å²) in [6.07, 6.45) is 1.82. The molecule has 0 amide bonds. The average molecular weight is 357 g/mol. The zero-order valence-corrected chi connectivity index (χ0v) is 15.7. The fourth-order valence-corrected chi connectivity index (χ4v) is 2.89. The molecule has 0 saturated heterocycles. The van der Waals surface area contributed by atoms with Crippen LogP contribution < -0.4 is 5.43 Å². The maximum atomic E-state index is 5.87. The lowest BCUT2D eigenvalue weighted by molar-refractivity contribution is 0.967. The predicted octanol–water partition coefficient (Wildman–Crippen LogP) is 6.26. The topological polar surface area (TPSA) is 24.4 Å². The van der Waals surface area contributed by atoms with Gasteiger partial charge in [-0.05, 0) is 61.6 Å². The van der Waals surface area contributed by atoms with Crippen LogP contribution in [0.5, 0.6) is 0 Å². The number of aryl methyl sites for hydroxylation is 1. The molecule has 24 heavy (non-hydrogen) atoms. The molecular formula is C20H21ClN2S. The number of halogens is 1. The fraction of sp³-hybridized carbons (Fsp3) is 0.150. The van der Waals surface area contributed by atoms with Gasteiger partial charge in [0.25, 0.3) is 0 Å². The summed E-state index contributed by atoms with van der Waals surface area (Å²) < 4.78 is 0.